The van der Waals surface area contributed by atoms with Gasteiger partial charge in [0, 0.05) is 5.92 Å². The van der Waals surface area contributed by atoms with Gasteiger partial charge in [0.1, 0.15) is 0 Å². The fourth-order valence-corrected chi connectivity index (χ4v) is 1.91. The van der Waals surface area contributed by atoms with Gasteiger partial charge in [0.2, 0.25) is 0 Å². The van der Waals surface area contributed by atoms with Gasteiger partial charge in [-0.05, 0) is 32.4 Å². The van der Waals surface area contributed by atoms with Crippen molar-refractivity contribution in [2.45, 2.75) is 26.3 Å². The summed E-state index contributed by atoms with van der Waals surface area (Å²) in [5.41, 5.74) is 0.900. The lowest BCUT2D eigenvalue weighted by atomic mass is 9.83. The first-order valence-corrected chi connectivity index (χ1v) is 4.86. The summed E-state index contributed by atoms with van der Waals surface area (Å²) in [5, 5.41) is 3.05. The molecule has 2 nitrogen and oxygen atoms in total. The predicted octanol–water partition coefficient (Wildman–Crippen LogP) is 2.50. The fraction of sp³-hybridized carbons (Fsp3) is 0.417. The average Bonchev–Trinajstić information content (AvgIpc) is 2.42. The molecule has 1 N–H and O–H groups in total. The molecule has 0 spiro atoms. The number of rotatable bonds is 3. The maximum absolute atomic E-state index is 12.9. The molecule has 0 bridgehead atoms. The summed E-state index contributed by atoms with van der Waals surface area (Å²) in [6.45, 7) is 8.84. The third kappa shape index (κ3) is 2.01. The fourth-order valence-electron chi connectivity index (χ4n) is 1.91. The van der Waals surface area contributed by atoms with Gasteiger partial charge in [0.15, 0.2) is 6.29 Å². The van der Waals surface area contributed by atoms with Crippen LogP contribution in [0.1, 0.15) is 20.8 Å². The summed E-state index contributed by atoms with van der Waals surface area (Å²) in [4.78, 5) is 10.8. The molecule has 1 rings (SSSR count). The smallest absolute Gasteiger partial charge is 0.165 e. The quantitative estimate of drug-likeness (QED) is 0.571. The van der Waals surface area contributed by atoms with Crippen molar-refractivity contribution >= 4 is 6.29 Å². The molecule has 1 aliphatic rings. The highest BCUT2D eigenvalue weighted by Gasteiger charge is 2.38. The molecule has 0 aromatic carbocycles. The average molecular weight is 209 g/mol. The zero-order valence-corrected chi connectivity index (χ0v) is 9.30. The van der Waals surface area contributed by atoms with Crippen LogP contribution in [0.25, 0.3) is 0 Å². The summed E-state index contributed by atoms with van der Waals surface area (Å²) in [6.07, 6.45) is 3.98. The second-order valence-electron chi connectivity index (χ2n) is 4.06. The van der Waals surface area contributed by atoms with Gasteiger partial charge in [-0.2, -0.15) is 0 Å². The molecule has 0 saturated heterocycles. The Kier molecular flexibility index (Phi) is 3.12. The normalized spacial score (nSPS) is 31.5. The van der Waals surface area contributed by atoms with E-state index in [4.69, 9.17) is 0 Å². The Balaban J connectivity index is 3.17. The first-order chi connectivity index (χ1) is 6.94. The van der Waals surface area contributed by atoms with E-state index in [9.17, 15) is 9.18 Å². The molecule has 0 saturated carbocycles. The molecular formula is C12H16FNO. The van der Waals surface area contributed by atoms with Gasteiger partial charge in [-0.1, -0.05) is 6.08 Å². The molecule has 0 aromatic heterocycles. The molecule has 1 heterocycles. The van der Waals surface area contributed by atoms with Crippen LogP contribution in [0.15, 0.2) is 35.8 Å². The second kappa shape index (κ2) is 4.01. The van der Waals surface area contributed by atoms with Crippen LogP contribution in [0, 0.1) is 5.92 Å². The summed E-state index contributed by atoms with van der Waals surface area (Å²) >= 11 is 0. The van der Waals surface area contributed by atoms with E-state index in [1.165, 1.54) is 13.0 Å². The van der Waals surface area contributed by atoms with Gasteiger partial charge >= 0.3 is 0 Å². The topological polar surface area (TPSA) is 29.1 Å². The number of allylic oxidation sites excluding steroid dienone is 2. The van der Waals surface area contributed by atoms with Crippen molar-refractivity contribution in [3.8, 4) is 0 Å². The van der Waals surface area contributed by atoms with Gasteiger partial charge in [0.05, 0.1) is 17.1 Å². The van der Waals surface area contributed by atoms with Crippen LogP contribution in [0.4, 0.5) is 4.39 Å². The molecular weight excluding hydrogens is 193 g/mol. The van der Waals surface area contributed by atoms with Crippen LogP contribution in [0.3, 0.4) is 0 Å². The van der Waals surface area contributed by atoms with Crippen LogP contribution in [-0.4, -0.2) is 11.8 Å². The molecule has 82 valence electrons. The second-order valence-corrected chi connectivity index (χ2v) is 4.06. The predicted molar refractivity (Wildman–Crippen MR) is 58.9 cm³/mol. The van der Waals surface area contributed by atoms with Crippen molar-refractivity contribution in [2.24, 2.45) is 5.92 Å². The van der Waals surface area contributed by atoms with Crippen molar-refractivity contribution < 1.29 is 9.18 Å². The monoisotopic (exact) mass is 209 g/mol. The van der Waals surface area contributed by atoms with Crippen molar-refractivity contribution in [2.75, 3.05) is 0 Å². The minimum Gasteiger partial charge on any atom is -0.373 e. The number of hydrogen-bond donors (Lipinski definition) is 1. The Hall–Kier alpha value is -1.38. The molecule has 0 radical (unpaired) electrons. The molecule has 0 aromatic rings. The number of aldehydes is 1. The van der Waals surface area contributed by atoms with Crippen LogP contribution < -0.4 is 5.32 Å². The van der Waals surface area contributed by atoms with E-state index in [0.717, 1.165) is 11.9 Å². The number of hydrogen-bond acceptors (Lipinski definition) is 2. The number of halogens is 1. The molecule has 1 aliphatic heterocycles. The first kappa shape index (κ1) is 11.7. The zero-order chi connectivity index (χ0) is 11.6. The van der Waals surface area contributed by atoms with E-state index in [0.29, 0.717) is 5.70 Å². The summed E-state index contributed by atoms with van der Waals surface area (Å²) in [6, 6.07) is 0. The molecule has 0 amide bonds. The van der Waals surface area contributed by atoms with E-state index in [1.807, 2.05) is 13.8 Å². The Morgan fingerprint density at radius 1 is 1.67 bits per heavy atom. The van der Waals surface area contributed by atoms with Crippen molar-refractivity contribution in [3.63, 3.8) is 0 Å². The largest absolute Gasteiger partial charge is 0.373 e. The van der Waals surface area contributed by atoms with E-state index < -0.39 is 5.54 Å². The highest BCUT2D eigenvalue weighted by molar-refractivity contribution is 5.76. The Morgan fingerprint density at radius 3 is 2.67 bits per heavy atom. The van der Waals surface area contributed by atoms with Gasteiger partial charge in [-0.3, -0.25) is 4.79 Å². The van der Waals surface area contributed by atoms with E-state index in [1.54, 1.807) is 6.08 Å². The van der Waals surface area contributed by atoms with E-state index >= 15 is 0 Å². The van der Waals surface area contributed by atoms with Gasteiger partial charge in [-0.25, -0.2) is 4.39 Å². The maximum Gasteiger partial charge on any atom is 0.165 e. The standard InChI is InChI=1S/C12H16FNO/c1-5-12(4)10(6-8(2)13)9(3)11(7-15)14-12/h5-7,10,14H,1H2,2-4H3/b8-6+. The summed E-state index contributed by atoms with van der Waals surface area (Å²) in [5.74, 6) is -0.401. The molecule has 2 atom stereocenters. The Morgan fingerprint density at radius 2 is 2.27 bits per heavy atom. The van der Waals surface area contributed by atoms with Crippen molar-refractivity contribution in [3.05, 3.63) is 35.8 Å². The van der Waals surface area contributed by atoms with Crippen molar-refractivity contribution in [1.82, 2.24) is 5.32 Å². The molecule has 0 aliphatic carbocycles. The SMILES string of the molecule is C=CC1(C)NC(C=O)=C(C)C1/C=C(\C)F. The van der Waals surface area contributed by atoms with E-state index in [2.05, 4.69) is 11.9 Å². The molecule has 0 fully saturated rings. The summed E-state index contributed by atoms with van der Waals surface area (Å²) < 4.78 is 12.9. The Bertz CT molecular complexity index is 353. The summed E-state index contributed by atoms with van der Waals surface area (Å²) in [7, 11) is 0. The van der Waals surface area contributed by atoms with Crippen LogP contribution in [-0.2, 0) is 4.79 Å². The minimum atomic E-state index is -0.478. The highest BCUT2D eigenvalue weighted by Crippen LogP contribution is 2.35. The molecule has 3 heteroatoms. The number of carbonyl (C=O) groups is 1. The van der Waals surface area contributed by atoms with Gasteiger partial charge < -0.3 is 5.32 Å². The van der Waals surface area contributed by atoms with Crippen LogP contribution >= 0.6 is 0 Å². The molecule has 2 unspecified atom stereocenters. The van der Waals surface area contributed by atoms with Gasteiger partial charge in [0.25, 0.3) is 0 Å². The first-order valence-electron chi connectivity index (χ1n) is 4.86. The zero-order valence-electron chi connectivity index (χ0n) is 9.30. The lowest BCUT2D eigenvalue weighted by Gasteiger charge is -2.28. The van der Waals surface area contributed by atoms with Crippen molar-refractivity contribution in [1.29, 1.82) is 0 Å². The number of carbonyl (C=O) groups excluding carboxylic acids is 1. The van der Waals surface area contributed by atoms with Gasteiger partial charge in [-0.15, -0.1) is 6.58 Å². The third-order valence-corrected chi connectivity index (χ3v) is 2.88. The van der Waals surface area contributed by atoms with Crippen LogP contribution in [0.5, 0.6) is 0 Å². The Labute approximate surface area is 89.6 Å². The van der Waals surface area contributed by atoms with Crippen LogP contribution in [0.2, 0.25) is 0 Å². The highest BCUT2D eigenvalue weighted by atomic mass is 19.1. The van der Waals surface area contributed by atoms with E-state index in [-0.39, 0.29) is 11.7 Å². The maximum atomic E-state index is 12.9. The minimum absolute atomic E-state index is 0.153. The molecule has 15 heavy (non-hydrogen) atoms. The lowest BCUT2D eigenvalue weighted by Crippen LogP contribution is -2.40. The lowest BCUT2D eigenvalue weighted by molar-refractivity contribution is -0.105. The number of nitrogens with one attached hydrogen (secondary N) is 1. The third-order valence-electron chi connectivity index (χ3n) is 2.88.